The van der Waals surface area contributed by atoms with E-state index in [4.69, 9.17) is 0 Å². The Labute approximate surface area is 99.0 Å². The smallest absolute Gasteiger partial charge is 0.768 e. The Kier molecular flexibility index (Phi) is 6.33. The molecule has 0 radical (unpaired) electrons. The fourth-order valence-electron chi connectivity index (χ4n) is 1.11. The van der Waals surface area contributed by atoms with E-state index in [2.05, 4.69) is 0 Å². The fraction of sp³-hybridized carbons (Fsp3) is 0.333. The molecule has 0 saturated heterocycles. The number of benzene rings is 1. The number of hydrogen-bond donors (Lipinski definition) is 0. The van der Waals surface area contributed by atoms with Crippen molar-refractivity contribution in [2.45, 2.75) is 11.4 Å². The Morgan fingerprint density at radius 2 is 2.07 bits per heavy atom. The summed E-state index contributed by atoms with van der Waals surface area (Å²) in [5.41, 5.74) is 1.01. The summed E-state index contributed by atoms with van der Waals surface area (Å²) >= 11 is -2.12. The van der Waals surface area contributed by atoms with Gasteiger partial charge in [-0.2, -0.15) is 0 Å². The van der Waals surface area contributed by atoms with Crippen LogP contribution in [0.3, 0.4) is 0 Å². The van der Waals surface area contributed by atoms with Gasteiger partial charge in [0.15, 0.2) is 0 Å². The molecule has 1 aromatic carbocycles. The van der Waals surface area contributed by atoms with Crippen LogP contribution in [0.25, 0.3) is 0 Å². The topological polar surface area (TPSA) is 43.4 Å². The molecule has 0 N–H and O–H groups in total. The van der Waals surface area contributed by atoms with Gasteiger partial charge in [0, 0.05) is 11.4 Å². The molecule has 14 heavy (non-hydrogen) atoms. The molecule has 5 heteroatoms. The van der Waals surface area contributed by atoms with Gasteiger partial charge in [-0.15, -0.1) is 0 Å². The molecule has 0 heterocycles. The molecule has 0 amide bonds. The molecule has 0 spiro atoms. The minimum absolute atomic E-state index is 0. The van der Waals surface area contributed by atoms with E-state index in [1.165, 1.54) is 0 Å². The van der Waals surface area contributed by atoms with E-state index < -0.39 is 11.1 Å². The Balaban J connectivity index is 0.00000169. The van der Waals surface area contributed by atoms with Gasteiger partial charge in [0.1, 0.15) is 0 Å². The van der Waals surface area contributed by atoms with Crippen LogP contribution in [-0.4, -0.2) is 27.8 Å². The third-order valence-corrected chi connectivity index (χ3v) is 2.23. The quantitative estimate of drug-likeness (QED) is 0.423. The minimum Gasteiger partial charge on any atom is -0.768 e. The Bertz CT molecular complexity index is 317. The van der Waals surface area contributed by atoms with E-state index in [9.17, 15) is 8.76 Å². The van der Waals surface area contributed by atoms with E-state index >= 15 is 0 Å². The van der Waals surface area contributed by atoms with Crippen molar-refractivity contribution in [3.05, 3.63) is 29.8 Å². The van der Waals surface area contributed by atoms with Crippen LogP contribution in [0.15, 0.2) is 29.2 Å². The first-order valence-electron chi connectivity index (χ1n) is 3.92. The van der Waals surface area contributed by atoms with Gasteiger partial charge in [-0.25, -0.2) is 0 Å². The van der Waals surface area contributed by atoms with Gasteiger partial charge in [0.05, 0.1) is 0 Å². The van der Waals surface area contributed by atoms with Gasteiger partial charge >= 0.3 is 18.9 Å². The third kappa shape index (κ3) is 4.40. The summed E-state index contributed by atoms with van der Waals surface area (Å²) in [7, 11) is 3.89. The molecule has 1 aromatic rings. The molecule has 1 rings (SSSR count). The fourth-order valence-corrected chi connectivity index (χ4v) is 1.55. The summed E-state index contributed by atoms with van der Waals surface area (Å²) in [4.78, 5) is 2.34. The maximum absolute atomic E-state index is 10.6. The van der Waals surface area contributed by atoms with Gasteiger partial charge in [0.25, 0.3) is 0 Å². The zero-order chi connectivity index (χ0) is 9.84. The van der Waals surface area contributed by atoms with Gasteiger partial charge in [-0.1, -0.05) is 12.1 Å². The average molecular weight is 205 g/mol. The maximum Gasteiger partial charge on any atom is 1.00 e. The van der Waals surface area contributed by atoms with Crippen LogP contribution in [0.4, 0.5) is 0 Å². The van der Waals surface area contributed by atoms with Crippen LogP contribution in [0.2, 0.25) is 0 Å². The minimum atomic E-state index is -2.12. The summed E-state index contributed by atoms with van der Waals surface area (Å²) in [6, 6.07) is 6.94. The number of rotatable bonds is 3. The first kappa shape index (κ1) is 13.9. The van der Waals surface area contributed by atoms with Gasteiger partial charge in [-0.05, 0) is 42.9 Å². The number of hydrogen-bond acceptors (Lipinski definition) is 3. The van der Waals surface area contributed by atoms with Crippen molar-refractivity contribution >= 4 is 11.1 Å². The second kappa shape index (κ2) is 6.39. The van der Waals surface area contributed by atoms with Gasteiger partial charge in [0.2, 0.25) is 0 Å². The van der Waals surface area contributed by atoms with Crippen LogP contribution in [-0.2, 0) is 17.6 Å². The van der Waals surface area contributed by atoms with Crippen molar-refractivity contribution < 1.29 is 27.6 Å². The van der Waals surface area contributed by atoms with E-state index in [-0.39, 0.29) is 18.9 Å². The van der Waals surface area contributed by atoms with Crippen LogP contribution in [0, 0.1) is 0 Å². The molecule has 0 aliphatic heterocycles. The third-order valence-electron chi connectivity index (χ3n) is 1.59. The molecular weight excluding hydrogens is 193 g/mol. The Hall–Kier alpha value is -0.113. The van der Waals surface area contributed by atoms with Crippen molar-refractivity contribution in [1.29, 1.82) is 0 Å². The number of nitrogens with zero attached hydrogens (tertiary/aromatic N) is 1. The maximum atomic E-state index is 10.6. The van der Waals surface area contributed by atoms with Gasteiger partial charge < -0.3 is 9.45 Å². The zero-order valence-corrected chi connectivity index (χ0v) is 9.50. The summed E-state index contributed by atoms with van der Waals surface area (Å²) in [5.74, 6) is 0. The van der Waals surface area contributed by atoms with Crippen molar-refractivity contribution in [2.75, 3.05) is 14.1 Å². The molecule has 0 aliphatic carbocycles. The molecule has 72 valence electrons. The summed E-state index contributed by atoms with van der Waals surface area (Å²) in [5, 5.41) is 0. The Morgan fingerprint density at radius 3 is 2.57 bits per heavy atom. The van der Waals surface area contributed by atoms with E-state index in [0.717, 1.165) is 12.1 Å². The van der Waals surface area contributed by atoms with E-state index in [0.29, 0.717) is 4.90 Å². The predicted octanol–water partition coefficient (Wildman–Crippen LogP) is -2.01. The van der Waals surface area contributed by atoms with Crippen molar-refractivity contribution in [3.63, 3.8) is 0 Å². The van der Waals surface area contributed by atoms with Crippen molar-refractivity contribution in [2.24, 2.45) is 0 Å². The van der Waals surface area contributed by atoms with Crippen LogP contribution >= 0.6 is 0 Å². The molecule has 0 fully saturated rings. The van der Waals surface area contributed by atoms with Crippen molar-refractivity contribution in [1.82, 2.24) is 4.90 Å². The molecule has 1 unspecified atom stereocenters. The molecule has 1 atom stereocenters. The second-order valence-electron chi connectivity index (χ2n) is 3.12. The zero-order valence-electron chi connectivity index (χ0n) is 8.69. The SMILES string of the molecule is CN(C)Cc1cccc(S(=O)[O-])c1.[Li+]. The second-order valence-corrected chi connectivity index (χ2v) is 4.06. The molecular formula is C9H12LiNO2S. The first-order chi connectivity index (χ1) is 6.09. The van der Waals surface area contributed by atoms with Crippen molar-refractivity contribution in [3.8, 4) is 0 Å². The van der Waals surface area contributed by atoms with Crippen LogP contribution in [0.1, 0.15) is 5.56 Å². The Morgan fingerprint density at radius 1 is 1.43 bits per heavy atom. The molecule has 0 saturated carbocycles. The summed E-state index contributed by atoms with van der Waals surface area (Å²) in [6.07, 6.45) is 0. The monoisotopic (exact) mass is 205 g/mol. The van der Waals surface area contributed by atoms with Crippen LogP contribution < -0.4 is 18.9 Å². The molecule has 3 nitrogen and oxygen atoms in total. The molecule has 0 bridgehead atoms. The van der Waals surface area contributed by atoms with Gasteiger partial charge in [-0.3, -0.25) is 4.21 Å². The summed E-state index contributed by atoms with van der Waals surface area (Å²) in [6.45, 7) is 0.755. The largest absolute Gasteiger partial charge is 1.00 e. The standard InChI is InChI=1S/C9H13NO2S.Li/c1-10(2)7-8-4-3-5-9(6-8)13(11)12;/h3-6H,7H2,1-2H3,(H,11,12);/q;+1/p-1. The molecule has 0 aromatic heterocycles. The average Bonchev–Trinajstić information content (AvgIpc) is 2.03. The first-order valence-corrected chi connectivity index (χ1v) is 5.00. The van der Waals surface area contributed by atoms with E-state index in [1.54, 1.807) is 18.2 Å². The predicted molar refractivity (Wildman–Crippen MR) is 51.0 cm³/mol. The summed E-state index contributed by atoms with van der Waals surface area (Å²) < 4.78 is 21.3. The molecule has 0 aliphatic rings. The van der Waals surface area contributed by atoms with Crippen LogP contribution in [0.5, 0.6) is 0 Å². The van der Waals surface area contributed by atoms with E-state index in [1.807, 2.05) is 25.1 Å². The normalized spacial score (nSPS) is 12.3.